The van der Waals surface area contributed by atoms with E-state index in [1.165, 1.54) is 6.08 Å². The van der Waals surface area contributed by atoms with Crippen LogP contribution in [0.25, 0.3) is 0 Å². The molecule has 11 nitrogen and oxygen atoms in total. The number of halogens is 3. The number of nitrogens with zero attached hydrogens (tertiary/aromatic N) is 3. The molecule has 5 aliphatic heterocycles. The zero-order valence-electron chi connectivity index (χ0n) is 28.5. The number of rotatable bonds is 6. The highest BCUT2D eigenvalue weighted by atomic mass is 19.1. The zero-order chi connectivity index (χ0) is 34.3. The summed E-state index contributed by atoms with van der Waals surface area (Å²) in [4.78, 5) is 32.7. The van der Waals surface area contributed by atoms with Crippen LogP contribution >= 0.6 is 0 Å². The molecule has 0 aromatic carbocycles. The highest BCUT2D eigenvalue weighted by Crippen LogP contribution is 2.44. The van der Waals surface area contributed by atoms with Gasteiger partial charge in [-0.2, -0.15) is 0 Å². The molecule has 0 aromatic heterocycles. The molecule has 4 N–H and O–H groups in total. The summed E-state index contributed by atoms with van der Waals surface area (Å²) in [5.74, 6) is -1.79. The number of alkyl halides is 3. The quantitative estimate of drug-likeness (QED) is 0.314. The molecule has 5 saturated heterocycles. The number of nitrogens with one attached hydrogen (secondary N) is 3. The van der Waals surface area contributed by atoms with Crippen molar-refractivity contribution in [3.05, 3.63) is 12.7 Å². The molecule has 2 bridgehead atoms. The van der Waals surface area contributed by atoms with Gasteiger partial charge < -0.3 is 35.0 Å². The number of amides is 3. The van der Waals surface area contributed by atoms with Crippen molar-refractivity contribution in [3.63, 3.8) is 0 Å². The Labute approximate surface area is 282 Å². The number of urea groups is 1. The Bertz CT molecular complexity index is 1160. The number of ether oxygens (including phenoxy) is 2. The maximum Gasteiger partial charge on any atom is 0.320 e. The van der Waals surface area contributed by atoms with Crippen LogP contribution in [0, 0.1) is 23.7 Å². The molecule has 1 aliphatic carbocycles. The molecule has 6 aliphatic rings. The molecule has 13 unspecified atom stereocenters. The topological polar surface area (TPSA) is 119 Å². The van der Waals surface area contributed by atoms with Gasteiger partial charge in [0.05, 0.1) is 43.8 Å². The van der Waals surface area contributed by atoms with E-state index < -0.39 is 79.5 Å². The number of carbonyl (C=O) groups excluding carboxylic acids is 2. The first-order valence-corrected chi connectivity index (χ1v) is 18.1. The van der Waals surface area contributed by atoms with Crippen LogP contribution in [-0.2, 0) is 14.3 Å². The zero-order valence-corrected chi connectivity index (χ0v) is 28.5. The fraction of sp³-hybridized carbons (Fsp3) is 0.882. The minimum absolute atomic E-state index is 0.0603. The van der Waals surface area contributed by atoms with Gasteiger partial charge in [-0.1, -0.05) is 20.4 Å². The maximum atomic E-state index is 16.7. The molecular weight excluding hydrogens is 629 g/mol. The Balaban J connectivity index is 1.42. The van der Waals surface area contributed by atoms with E-state index in [2.05, 4.69) is 41.3 Å². The largest absolute Gasteiger partial charge is 0.390 e. The minimum atomic E-state index is -1.41. The number of piperazine rings is 1. The van der Waals surface area contributed by atoms with Crippen molar-refractivity contribution in [2.24, 2.45) is 23.7 Å². The SMILES string of the molecule is C=CC(=O)N1CCN(C2NC(=O)N3C4NC(C(F)CC42)C2C(F)CCCC2OCC(OCCF)C(O)C2CCNC(C(C)C)C23)[C@@H](C)C1. The molecule has 0 aromatic rings. The van der Waals surface area contributed by atoms with Crippen LogP contribution in [0.1, 0.15) is 52.9 Å². The Morgan fingerprint density at radius 1 is 1.17 bits per heavy atom. The van der Waals surface area contributed by atoms with E-state index >= 15 is 8.78 Å². The molecule has 272 valence electrons. The number of carbonyl (C=O) groups is 2. The first kappa shape index (κ1) is 35.8. The maximum absolute atomic E-state index is 16.7. The van der Waals surface area contributed by atoms with Crippen LogP contribution in [0.2, 0.25) is 0 Å². The van der Waals surface area contributed by atoms with Crippen LogP contribution in [0.15, 0.2) is 12.7 Å². The van der Waals surface area contributed by atoms with Gasteiger partial charge in [-0.15, -0.1) is 0 Å². The van der Waals surface area contributed by atoms with E-state index in [-0.39, 0.29) is 56.0 Å². The monoisotopic (exact) mass is 684 g/mol. The summed E-state index contributed by atoms with van der Waals surface area (Å²) >= 11 is 0. The van der Waals surface area contributed by atoms with Gasteiger partial charge in [0.2, 0.25) is 5.91 Å². The summed E-state index contributed by atoms with van der Waals surface area (Å²) in [6.45, 7) is 10.6. The summed E-state index contributed by atoms with van der Waals surface area (Å²) in [6, 6.07) is -2.13. The molecule has 48 heavy (non-hydrogen) atoms. The normalized spacial score (nSPS) is 44.1. The summed E-state index contributed by atoms with van der Waals surface area (Å²) in [6.07, 6.45) is -3.24. The lowest BCUT2D eigenvalue weighted by Gasteiger charge is -2.60. The van der Waals surface area contributed by atoms with Gasteiger partial charge in [0.15, 0.2) is 0 Å². The van der Waals surface area contributed by atoms with E-state index in [4.69, 9.17) is 9.47 Å². The molecule has 6 fully saturated rings. The molecule has 0 spiro atoms. The molecule has 0 radical (unpaired) electrons. The first-order chi connectivity index (χ1) is 23.0. The summed E-state index contributed by atoms with van der Waals surface area (Å²) in [7, 11) is 0. The van der Waals surface area contributed by atoms with Gasteiger partial charge in [-0.3, -0.25) is 15.0 Å². The van der Waals surface area contributed by atoms with Crippen LogP contribution in [0.3, 0.4) is 0 Å². The van der Waals surface area contributed by atoms with E-state index in [1.54, 1.807) is 9.80 Å². The lowest BCUT2D eigenvalue weighted by molar-refractivity contribution is -0.167. The molecule has 6 rings (SSSR count). The summed E-state index contributed by atoms with van der Waals surface area (Å²) in [5.41, 5.74) is 0. The molecule has 1 saturated carbocycles. The van der Waals surface area contributed by atoms with Crippen LogP contribution < -0.4 is 16.0 Å². The molecule has 14 heteroatoms. The van der Waals surface area contributed by atoms with Gasteiger partial charge >= 0.3 is 6.03 Å². The standard InChI is InChI=1S/C34H55F3N6O5/c1-5-26(44)41-12-13-42(19(4)16-41)32-21-15-23(37)29-27-22(36)7-6-8-24(27)48-17-25(47-14-10-35)31(45)20-9-11-38-28(18(2)3)30(20)43(33(21)39-29)34(46)40-32/h5,18-25,27-33,38-39,45H,1,6-17H2,2-4H3,(H,40,46)/t19-,20?,21?,22?,23?,24?,25?,27?,28?,29?,30?,31?,32?,33?/m0/s1. The van der Waals surface area contributed by atoms with Crippen molar-refractivity contribution in [1.82, 2.24) is 30.7 Å². The molecular formula is C34H55F3N6O5. The van der Waals surface area contributed by atoms with Crippen LogP contribution in [-0.4, -0.2) is 145 Å². The van der Waals surface area contributed by atoms with Crippen molar-refractivity contribution >= 4 is 11.9 Å². The van der Waals surface area contributed by atoms with Gasteiger partial charge in [0, 0.05) is 55.5 Å². The number of hydrogen-bond donors (Lipinski definition) is 4. The van der Waals surface area contributed by atoms with Crippen molar-refractivity contribution in [3.8, 4) is 0 Å². The van der Waals surface area contributed by atoms with Crippen molar-refractivity contribution in [1.29, 1.82) is 0 Å². The summed E-state index contributed by atoms with van der Waals surface area (Å²) in [5, 5.41) is 22.4. The van der Waals surface area contributed by atoms with E-state index in [0.717, 1.165) is 0 Å². The third kappa shape index (κ3) is 6.73. The Morgan fingerprint density at radius 3 is 2.67 bits per heavy atom. The van der Waals surface area contributed by atoms with Gasteiger partial charge in [0.1, 0.15) is 25.1 Å². The molecule has 14 atom stereocenters. The highest BCUT2D eigenvalue weighted by Gasteiger charge is 2.58. The number of fused-ring (bicyclic) bond motifs is 5. The number of piperidine rings is 2. The van der Waals surface area contributed by atoms with Crippen molar-refractivity contribution in [2.75, 3.05) is 46.1 Å². The van der Waals surface area contributed by atoms with Crippen molar-refractivity contribution < 1.29 is 37.3 Å². The lowest BCUT2D eigenvalue weighted by Crippen LogP contribution is -2.80. The second-order valence-corrected chi connectivity index (χ2v) is 15.1. The predicted molar refractivity (Wildman–Crippen MR) is 173 cm³/mol. The number of hydrogen-bond acceptors (Lipinski definition) is 8. The molecule has 5 heterocycles. The molecule has 3 amide bonds. The van der Waals surface area contributed by atoms with E-state index in [0.29, 0.717) is 45.4 Å². The number of aliphatic hydroxyl groups excluding tert-OH is 1. The fourth-order valence-electron chi connectivity index (χ4n) is 9.77. The number of aliphatic hydroxyl groups is 1. The Morgan fingerprint density at radius 2 is 1.96 bits per heavy atom. The van der Waals surface area contributed by atoms with Gasteiger partial charge in [0.25, 0.3) is 0 Å². The average Bonchev–Trinajstić information content (AvgIpc) is 3.07. The van der Waals surface area contributed by atoms with E-state index in [1.807, 2.05) is 6.92 Å². The second kappa shape index (κ2) is 15.1. The lowest BCUT2D eigenvalue weighted by atomic mass is 9.71. The third-order valence-corrected chi connectivity index (χ3v) is 12.0. The van der Waals surface area contributed by atoms with Gasteiger partial charge in [-0.25, -0.2) is 18.0 Å². The van der Waals surface area contributed by atoms with Crippen molar-refractivity contribution in [2.45, 2.75) is 120 Å². The first-order valence-electron chi connectivity index (χ1n) is 18.1. The van der Waals surface area contributed by atoms with Crippen LogP contribution in [0.4, 0.5) is 18.0 Å². The Hall–Kier alpha value is -1.97. The minimum Gasteiger partial charge on any atom is -0.390 e. The Kier molecular flexibility index (Phi) is 11.3. The second-order valence-electron chi connectivity index (χ2n) is 15.1. The van der Waals surface area contributed by atoms with Crippen LogP contribution in [0.5, 0.6) is 0 Å². The third-order valence-electron chi connectivity index (χ3n) is 12.0. The highest BCUT2D eigenvalue weighted by molar-refractivity contribution is 5.87. The smallest absolute Gasteiger partial charge is 0.320 e. The van der Waals surface area contributed by atoms with E-state index in [9.17, 15) is 19.1 Å². The predicted octanol–water partition coefficient (Wildman–Crippen LogP) is 1.95. The fourth-order valence-corrected chi connectivity index (χ4v) is 9.77. The van der Waals surface area contributed by atoms with Gasteiger partial charge in [-0.05, 0) is 57.6 Å². The average molecular weight is 685 g/mol. The summed E-state index contributed by atoms with van der Waals surface area (Å²) < 4.78 is 58.3.